The molecule has 1 aliphatic heterocycles. The van der Waals surface area contributed by atoms with Crippen LogP contribution in [0.5, 0.6) is 0 Å². The number of nitrogens with zero attached hydrogens (tertiary/aromatic N) is 4. The van der Waals surface area contributed by atoms with E-state index in [-0.39, 0.29) is 17.9 Å². The predicted molar refractivity (Wildman–Crippen MR) is 87.1 cm³/mol. The third-order valence-electron chi connectivity index (χ3n) is 4.20. The first kappa shape index (κ1) is 16.0. The summed E-state index contributed by atoms with van der Waals surface area (Å²) in [7, 11) is 0. The third kappa shape index (κ3) is 3.53. The second-order valence-corrected chi connectivity index (χ2v) is 5.76. The number of pyridine rings is 1. The summed E-state index contributed by atoms with van der Waals surface area (Å²) in [5, 5.41) is 7.08. The first-order valence-corrected chi connectivity index (χ1v) is 7.91. The van der Waals surface area contributed by atoms with Crippen LogP contribution in [0.3, 0.4) is 0 Å². The fourth-order valence-electron chi connectivity index (χ4n) is 2.82. The van der Waals surface area contributed by atoms with Crippen LogP contribution >= 0.6 is 0 Å². The van der Waals surface area contributed by atoms with E-state index in [0.717, 1.165) is 5.56 Å². The number of amides is 3. The van der Waals surface area contributed by atoms with Crippen LogP contribution in [-0.4, -0.2) is 44.7 Å². The summed E-state index contributed by atoms with van der Waals surface area (Å²) in [5.74, 6) is 0.281. The summed E-state index contributed by atoms with van der Waals surface area (Å²) in [6, 6.07) is 5.41. The van der Waals surface area contributed by atoms with E-state index in [1.165, 1.54) is 0 Å². The second kappa shape index (κ2) is 7.12. The summed E-state index contributed by atoms with van der Waals surface area (Å²) < 4.78 is 1.67. The second-order valence-electron chi connectivity index (χ2n) is 5.76. The summed E-state index contributed by atoms with van der Waals surface area (Å²) in [6.45, 7) is 1.44. The zero-order valence-corrected chi connectivity index (χ0v) is 13.3. The minimum Gasteiger partial charge on any atom is -0.369 e. The van der Waals surface area contributed by atoms with Gasteiger partial charge in [-0.1, -0.05) is 6.07 Å². The lowest BCUT2D eigenvalue weighted by atomic mass is 9.96. The van der Waals surface area contributed by atoms with E-state index in [0.29, 0.717) is 38.3 Å². The van der Waals surface area contributed by atoms with Gasteiger partial charge in [-0.05, 0) is 25.0 Å². The van der Waals surface area contributed by atoms with E-state index in [1.54, 1.807) is 22.0 Å². The first-order chi connectivity index (χ1) is 11.6. The van der Waals surface area contributed by atoms with Crippen LogP contribution in [0, 0.1) is 5.92 Å². The highest BCUT2D eigenvalue weighted by molar-refractivity contribution is 5.78. The van der Waals surface area contributed by atoms with Crippen molar-refractivity contribution in [3.63, 3.8) is 0 Å². The molecule has 24 heavy (non-hydrogen) atoms. The highest BCUT2D eigenvalue weighted by atomic mass is 16.2. The summed E-state index contributed by atoms with van der Waals surface area (Å²) >= 11 is 0. The van der Waals surface area contributed by atoms with Gasteiger partial charge in [0.15, 0.2) is 5.82 Å². The van der Waals surface area contributed by atoms with Gasteiger partial charge in [0.05, 0.1) is 0 Å². The van der Waals surface area contributed by atoms with E-state index < -0.39 is 0 Å². The van der Waals surface area contributed by atoms with Crippen molar-refractivity contribution in [2.45, 2.75) is 19.4 Å². The molecule has 3 amide bonds. The number of rotatable bonds is 4. The number of hydrogen-bond acceptors (Lipinski definition) is 4. The monoisotopic (exact) mass is 328 g/mol. The Balaban J connectivity index is 1.59. The number of aromatic nitrogens is 3. The minimum absolute atomic E-state index is 0.126. The zero-order valence-electron chi connectivity index (χ0n) is 13.3. The van der Waals surface area contributed by atoms with Crippen LogP contribution in [0.15, 0.2) is 36.8 Å². The quantitative estimate of drug-likeness (QED) is 0.860. The molecule has 8 heteroatoms. The summed E-state index contributed by atoms with van der Waals surface area (Å²) in [4.78, 5) is 29.5. The van der Waals surface area contributed by atoms with Crippen molar-refractivity contribution in [3.8, 4) is 5.82 Å². The molecule has 0 aliphatic carbocycles. The standard InChI is InChI=1S/C16H20N6O2/c17-14(23)12-4-9-21(10-5-12)16(24)19-11-13-3-1-6-18-15(13)22-8-2-7-20-22/h1-3,6-8,12H,4-5,9-11H2,(H2,17,23)(H,19,24). The number of nitrogens with one attached hydrogen (secondary N) is 1. The number of primary amides is 1. The molecular formula is C16H20N6O2. The molecule has 0 bridgehead atoms. The maximum atomic E-state index is 12.3. The average Bonchev–Trinajstić information content (AvgIpc) is 3.14. The third-order valence-corrected chi connectivity index (χ3v) is 4.20. The van der Waals surface area contributed by atoms with Gasteiger partial charge < -0.3 is 16.0 Å². The number of urea groups is 1. The molecule has 2 aromatic heterocycles. The molecule has 1 fully saturated rings. The minimum atomic E-state index is -0.283. The smallest absolute Gasteiger partial charge is 0.317 e. The lowest BCUT2D eigenvalue weighted by Crippen LogP contribution is -2.46. The topological polar surface area (TPSA) is 106 Å². The van der Waals surface area contributed by atoms with Crippen molar-refractivity contribution in [1.29, 1.82) is 0 Å². The Morgan fingerprint density at radius 2 is 2.04 bits per heavy atom. The van der Waals surface area contributed by atoms with Crippen molar-refractivity contribution in [3.05, 3.63) is 42.4 Å². The SMILES string of the molecule is NC(=O)C1CCN(C(=O)NCc2cccnc2-n2cccn2)CC1. The number of hydrogen-bond donors (Lipinski definition) is 2. The van der Waals surface area contributed by atoms with Gasteiger partial charge >= 0.3 is 6.03 Å². The fraction of sp³-hybridized carbons (Fsp3) is 0.375. The molecule has 0 aromatic carbocycles. The normalized spacial score (nSPS) is 15.2. The number of piperidine rings is 1. The number of likely N-dealkylation sites (tertiary alicyclic amines) is 1. The molecule has 126 valence electrons. The molecule has 3 rings (SSSR count). The largest absolute Gasteiger partial charge is 0.369 e. The molecule has 0 unspecified atom stereocenters. The maximum absolute atomic E-state index is 12.3. The Morgan fingerprint density at radius 1 is 1.25 bits per heavy atom. The molecule has 3 heterocycles. The Bertz CT molecular complexity index is 707. The Kier molecular flexibility index (Phi) is 4.74. The molecule has 8 nitrogen and oxygen atoms in total. The van der Waals surface area contributed by atoms with E-state index >= 15 is 0 Å². The molecule has 1 saturated heterocycles. The van der Waals surface area contributed by atoms with Crippen LogP contribution < -0.4 is 11.1 Å². The van der Waals surface area contributed by atoms with Gasteiger partial charge in [-0.15, -0.1) is 0 Å². The Labute approximate surface area is 139 Å². The Morgan fingerprint density at radius 3 is 2.71 bits per heavy atom. The van der Waals surface area contributed by atoms with E-state index in [1.807, 2.05) is 24.4 Å². The molecule has 0 saturated carbocycles. The molecule has 0 atom stereocenters. The van der Waals surface area contributed by atoms with Crippen LogP contribution in [0.1, 0.15) is 18.4 Å². The zero-order chi connectivity index (χ0) is 16.9. The first-order valence-electron chi connectivity index (χ1n) is 7.91. The van der Waals surface area contributed by atoms with Crippen molar-refractivity contribution < 1.29 is 9.59 Å². The van der Waals surface area contributed by atoms with Crippen LogP contribution in [0.4, 0.5) is 4.79 Å². The van der Waals surface area contributed by atoms with Crippen molar-refractivity contribution >= 4 is 11.9 Å². The predicted octanol–water partition coefficient (Wildman–Crippen LogP) is 0.674. The molecule has 3 N–H and O–H groups in total. The van der Waals surface area contributed by atoms with E-state index in [9.17, 15) is 9.59 Å². The Hall–Kier alpha value is -2.90. The van der Waals surface area contributed by atoms with E-state index in [2.05, 4.69) is 15.4 Å². The molecule has 1 aliphatic rings. The van der Waals surface area contributed by atoms with E-state index in [4.69, 9.17) is 5.73 Å². The molecule has 0 spiro atoms. The van der Waals surface area contributed by atoms with Gasteiger partial charge in [0.1, 0.15) is 0 Å². The molecule has 2 aromatic rings. The van der Waals surface area contributed by atoms with Crippen molar-refractivity contribution in [2.75, 3.05) is 13.1 Å². The molecule has 0 radical (unpaired) electrons. The highest BCUT2D eigenvalue weighted by Crippen LogP contribution is 2.17. The number of nitrogens with two attached hydrogens (primary N) is 1. The van der Waals surface area contributed by atoms with Crippen molar-refractivity contribution in [2.24, 2.45) is 11.7 Å². The van der Waals surface area contributed by atoms with Gasteiger partial charge in [0.2, 0.25) is 5.91 Å². The lowest BCUT2D eigenvalue weighted by molar-refractivity contribution is -0.123. The van der Waals surface area contributed by atoms with Crippen molar-refractivity contribution in [1.82, 2.24) is 25.0 Å². The molecular weight excluding hydrogens is 308 g/mol. The van der Waals surface area contributed by atoms with Gasteiger partial charge in [-0.25, -0.2) is 14.5 Å². The highest BCUT2D eigenvalue weighted by Gasteiger charge is 2.25. The van der Waals surface area contributed by atoms with Gasteiger partial charge in [0, 0.05) is 49.7 Å². The average molecular weight is 328 g/mol. The summed E-state index contributed by atoms with van der Waals surface area (Å²) in [5.41, 5.74) is 6.19. The number of carbonyl (C=O) groups excluding carboxylic acids is 2. The lowest BCUT2D eigenvalue weighted by Gasteiger charge is -2.30. The van der Waals surface area contributed by atoms with Gasteiger partial charge in [-0.2, -0.15) is 5.10 Å². The van der Waals surface area contributed by atoms with Crippen LogP contribution in [-0.2, 0) is 11.3 Å². The fourth-order valence-corrected chi connectivity index (χ4v) is 2.82. The van der Waals surface area contributed by atoms with Crippen LogP contribution in [0.2, 0.25) is 0 Å². The van der Waals surface area contributed by atoms with Gasteiger partial charge in [0.25, 0.3) is 0 Å². The maximum Gasteiger partial charge on any atom is 0.317 e. The summed E-state index contributed by atoms with van der Waals surface area (Å²) in [6.07, 6.45) is 6.42. The number of carbonyl (C=O) groups is 2. The van der Waals surface area contributed by atoms with Gasteiger partial charge in [-0.3, -0.25) is 4.79 Å². The van der Waals surface area contributed by atoms with Crippen LogP contribution in [0.25, 0.3) is 5.82 Å².